The zero-order chi connectivity index (χ0) is 20.8. The van der Waals surface area contributed by atoms with Crippen LogP contribution in [0.15, 0.2) is 24.3 Å². The molecule has 0 saturated heterocycles. The van der Waals surface area contributed by atoms with E-state index in [0.717, 1.165) is 0 Å². The summed E-state index contributed by atoms with van der Waals surface area (Å²) in [6.45, 7) is 9.18. The highest BCUT2D eigenvalue weighted by molar-refractivity contribution is 5.67. The first-order valence-electron chi connectivity index (χ1n) is 9.44. The first kappa shape index (κ1) is 24.0. The summed E-state index contributed by atoms with van der Waals surface area (Å²) in [5.41, 5.74) is 5.90. The number of ether oxygens (including phenoxy) is 5. The van der Waals surface area contributed by atoms with Crippen molar-refractivity contribution >= 4 is 11.8 Å². The molecule has 0 spiro atoms. The van der Waals surface area contributed by atoms with E-state index in [1.165, 1.54) is 4.90 Å². The third kappa shape index (κ3) is 11.6. The lowest BCUT2D eigenvalue weighted by Crippen LogP contribution is -2.36. The Bertz CT molecular complexity index is 562. The van der Waals surface area contributed by atoms with Gasteiger partial charge in [-0.3, -0.25) is 0 Å². The van der Waals surface area contributed by atoms with Crippen LogP contribution in [-0.2, 0) is 18.9 Å². The molecule has 0 bridgehead atoms. The minimum atomic E-state index is -0.497. The molecule has 28 heavy (non-hydrogen) atoms. The Labute approximate surface area is 167 Å². The molecule has 0 aliphatic carbocycles. The van der Waals surface area contributed by atoms with Crippen molar-refractivity contribution in [2.45, 2.75) is 26.4 Å². The van der Waals surface area contributed by atoms with E-state index in [0.29, 0.717) is 64.2 Å². The molecule has 0 saturated carbocycles. The van der Waals surface area contributed by atoms with E-state index in [-0.39, 0.29) is 6.09 Å². The largest absolute Gasteiger partial charge is 0.489 e. The maximum absolute atomic E-state index is 11.8. The Morgan fingerprint density at radius 3 is 2.04 bits per heavy atom. The standard InChI is InChI=1S/C20H34N2O6/c1-20(2,3)28-19(23)22(4)9-10-24-11-12-25-13-14-26-15-16-27-18-8-6-5-7-17(18)21/h5-8H,9-16,21H2,1-4H3. The topological polar surface area (TPSA) is 92.5 Å². The molecule has 160 valence electrons. The quantitative estimate of drug-likeness (QED) is 0.403. The van der Waals surface area contributed by atoms with Crippen molar-refractivity contribution in [1.29, 1.82) is 0 Å². The van der Waals surface area contributed by atoms with Crippen LogP contribution in [0.1, 0.15) is 20.8 Å². The Balaban J connectivity index is 1.89. The zero-order valence-electron chi connectivity index (χ0n) is 17.4. The Hall–Kier alpha value is -2.03. The van der Waals surface area contributed by atoms with Crippen molar-refractivity contribution in [3.05, 3.63) is 24.3 Å². The monoisotopic (exact) mass is 398 g/mol. The van der Waals surface area contributed by atoms with Crippen molar-refractivity contribution in [1.82, 2.24) is 4.90 Å². The minimum absolute atomic E-state index is 0.358. The van der Waals surface area contributed by atoms with Crippen LogP contribution in [-0.4, -0.2) is 76.4 Å². The molecule has 0 aliphatic heterocycles. The number of anilines is 1. The van der Waals surface area contributed by atoms with E-state index in [1.54, 1.807) is 13.1 Å². The Morgan fingerprint density at radius 2 is 1.46 bits per heavy atom. The summed E-state index contributed by atoms with van der Waals surface area (Å²) in [6, 6.07) is 7.35. The van der Waals surface area contributed by atoms with Crippen LogP contribution in [0.4, 0.5) is 10.5 Å². The molecule has 0 unspecified atom stereocenters. The van der Waals surface area contributed by atoms with E-state index < -0.39 is 5.60 Å². The molecule has 0 aliphatic rings. The number of carbonyl (C=O) groups excluding carboxylic acids is 1. The Morgan fingerprint density at radius 1 is 0.929 bits per heavy atom. The van der Waals surface area contributed by atoms with E-state index in [4.69, 9.17) is 29.4 Å². The maximum Gasteiger partial charge on any atom is 0.410 e. The number of nitrogen functional groups attached to an aromatic ring is 1. The van der Waals surface area contributed by atoms with Crippen molar-refractivity contribution in [2.75, 3.05) is 65.6 Å². The third-order valence-corrected chi connectivity index (χ3v) is 3.42. The number of hydrogen-bond donors (Lipinski definition) is 1. The van der Waals surface area contributed by atoms with Crippen LogP contribution in [0.2, 0.25) is 0 Å². The van der Waals surface area contributed by atoms with Gasteiger partial charge in [-0.1, -0.05) is 12.1 Å². The van der Waals surface area contributed by atoms with Gasteiger partial charge >= 0.3 is 6.09 Å². The van der Waals surface area contributed by atoms with Crippen LogP contribution in [0.3, 0.4) is 0 Å². The molecule has 1 aromatic rings. The SMILES string of the molecule is CN(CCOCCOCCOCCOc1ccccc1N)C(=O)OC(C)(C)C. The van der Waals surface area contributed by atoms with Crippen LogP contribution < -0.4 is 10.5 Å². The number of rotatable bonds is 13. The van der Waals surface area contributed by atoms with Gasteiger partial charge in [0, 0.05) is 13.6 Å². The number of carbonyl (C=O) groups is 1. The van der Waals surface area contributed by atoms with E-state index in [9.17, 15) is 4.79 Å². The number of hydrogen-bond acceptors (Lipinski definition) is 7. The number of nitrogens with zero attached hydrogens (tertiary/aromatic N) is 1. The van der Waals surface area contributed by atoms with Gasteiger partial charge in [0.05, 0.1) is 45.3 Å². The normalized spacial score (nSPS) is 11.3. The average molecular weight is 399 g/mol. The fourth-order valence-electron chi connectivity index (χ4n) is 2.00. The number of para-hydroxylation sites is 2. The van der Waals surface area contributed by atoms with Gasteiger partial charge in [-0.25, -0.2) is 4.79 Å². The molecule has 0 radical (unpaired) electrons. The third-order valence-electron chi connectivity index (χ3n) is 3.42. The molecule has 1 amide bonds. The van der Waals surface area contributed by atoms with Crippen molar-refractivity contribution in [3.63, 3.8) is 0 Å². The summed E-state index contributed by atoms with van der Waals surface area (Å²) in [4.78, 5) is 13.3. The fourth-order valence-corrected chi connectivity index (χ4v) is 2.00. The van der Waals surface area contributed by atoms with E-state index in [1.807, 2.05) is 39.0 Å². The summed E-state index contributed by atoms with van der Waals surface area (Å²) in [5, 5.41) is 0. The lowest BCUT2D eigenvalue weighted by Gasteiger charge is -2.24. The lowest BCUT2D eigenvalue weighted by atomic mass is 10.2. The highest BCUT2D eigenvalue weighted by Gasteiger charge is 2.19. The predicted octanol–water partition coefficient (Wildman–Crippen LogP) is 2.56. The van der Waals surface area contributed by atoms with Gasteiger partial charge in [0.1, 0.15) is 18.0 Å². The Kier molecular flexibility index (Phi) is 11.3. The molecule has 0 aromatic heterocycles. The first-order valence-corrected chi connectivity index (χ1v) is 9.44. The van der Waals surface area contributed by atoms with Crippen LogP contribution in [0.5, 0.6) is 5.75 Å². The van der Waals surface area contributed by atoms with Gasteiger partial charge < -0.3 is 34.3 Å². The lowest BCUT2D eigenvalue weighted by molar-refractivity contribution is 0.00191. The van der Waals surface area contributed by atoms with Gasteiger partial charge in [0.25, 0.3) is 0 Å². The highest BCUT2D eigenvalue weighted by atomic mass is 16.6. The smallest absolute Gasteiger partial charge is 0.410 e. The second kappa shape index (κ2) is 13.2. The number of nitrogens with two attached hydrogens (primary N) is 1. The first-order chi connectivity index (χ1) is 13.3. The van der Waals surface area contributed by atoms with Crippen LogP contribution in [0.25, 0.3) is 0 Å². The molecule has 0 heterocycles. The average Bonchev–Trinajstić information content (AvgIpc) is 2.62. The molecule has 1 aromatic carbocycles. The second-order valence-corrected chi connectivity index (χ2v) is 7.13. The summed E-state index contributed by atoms with van der Waals surface area (Å²) in [7, 11) is 1.68. The van der Waals surface area contributed by atoms with Gasteiger partial charge in [-0.15, -0.1) is 0 Å². The van der Waals surface area contributed by atoms with Crippen molar-refractivity contribution in [2.24, 2.45) is 0 Å². The summed E-state index contributed by atoms with van der Waals surface area (Å²) in [5.74, 6) is 0.664. The molecule has 0 atom stereocenters. The minimum Gasteiger partial charge on any atom is -0.489 e. The van der Waals surface area contributed by atoms with Crippen molar-refractivity contribution < 1.29 is 28.5 Å². The number of likely N-dealkylation sites (N-methyl/N-ethyl adjacent to an activating group) is 1. The van der Waals surface area contributed by atoms with Crippen molar-refractivity contribution in [3.8, 4) is 5.75 Å². The fraction of sp³-hybridized carbons (Fsp3) is 0.650. The molecule has 0 fully saturated rings. The maximum atomic E-state index is 11.8. The second-order valence-electron chi connectivity index (χ2n) is 7.13. The van der Waals surface area contributed by atoms with Gasteiger partial charge in [0.2, 0.25) is 0 Å². The molecule has 1 rings (SSSR count). The molecule has 2 N–H and O–H groups in total. The van der Waals surface area contributed by atoms with Gasteiger partial charge in [-0.2, -0.15) is 0 Å². The van der Waals surface area contributed by atoms with Crippen LogP contribution in [0, 0.1) is 0 Å². The number of benzene rings is 1. The molecule has 8 nitrogen and oxygen atoms in total. The van der Waals surface area contributed by atoms with E-state index >= 15 is 0 Å². The summed E-state index contributed by atoms with van der Waals surface area (Å²) >= 11 is 0. The highest BCUT2D eigenvalue weighted by Crippen LogP contribution is 2.19. The molecular formula is C20H34N2O6. The van der Waals surface area contributed by atoms with Crippen LogP contribution >= 0.6 is 0 Å². The predicted molar refractivity (Wildman–Crippen MR) is 108 cm³/mol. The summed E-state index contributed by atoms with van der Waals surface area (Å²) < 4.78 is 27.1. The van der Waals surface area contributed by atoms with Gasteiger partial charge in [-0.05, 0) is 32.9 Å². The number of amides is 1. The van der Waals surface area contributed by atoms with Gasteiger partial charge in [0.15, 0.2) is 0 Å². The molecule has 8 heteroatoms. The zero-order valence-corrected chi connectivity index (χ0v) is 17.4. The summed E-state index contributed by atoms with van der Waals surface area (Å²) in [6.07, 6.45) is -0.358. The van der Waals surface area contributed by atoms with E-state index in [2.05, 4.69) is 0 Å². The molecular weight excluding hydrogens is 364 g/mol.